The molecule has 1 saturated heterocycles. The number of carbonyl (C=O) groups is 1. The first kappa shape index (κ1) is 13.9. The van der Waals surface area contributed by atoms with Gasteiger partial charge in [-0.1, -0.05) is 60.7 Å². The summed E-state index contributed by atoms with van der Waals surface area (Å²) in [5, 5.41) is 0. The summed E-state index contributed by atoms with van der Waals surface area (Å²) >= 11 is 0. The lowest BCUT2D eigenvalue weighted by Gasteiger charge is -2.30. The number of hydrogen-bond acceptors (Lipinski definition) is 1. The minimum absolute atomic E-state index is 0.0897. The number of rotatable bonds is 2. The third-order valence-electron chi connectivity index (χ3n) is 4.67. The molecule has 3 rings (SSSR count). The van der Waals surface area contributed by atoms with E-state index in [4.69, 9.17) is 0 Å². The highest BCUT2D eigenvalue weighted by atomic mass is 16.2. The molecule has 108 valence electrons. The standard InChI is InChI=1S/C19H21NO/c1-15-13-19(14-20(15)16(2)21,17-9-5-3-6-10-17)18-11-7-4-8-12-18/h3-12,15H,13-14H2,1-2H3. The van der Waals surface area contributed by atoms with Crippen LogP contribution in [0.4, 0.5) is 0 Å². The van der Waals surface area contributed by atoms with Gasteiger partial charge in [0.15, 0.2) is 0 Å². The van der Waals surface area contributed by atoms with Crippen molar-refractivity contribution < 1.29 is 4.79 Å². The summed E-state index contributed by atoms with van der Waals surface area (Å²) in [6, 6.07) is 21.4. The van der Waals surface area contributed by atoms with Crippen molar-refractivity contribution in [3.63, 3.8) is 0 Å². The Morgan fingerprint density at radius 3 is 1.86 bits per heavy atom. The van der Waals surface area contributed by atoms with Crippen LogP contribution in [0.2, 0.25) is 0 Å². The SMILES string of the molecule is CC(=O)N1CC(c2ccccc2)(c2ccccc2)CC1C. The summed E-state index contributed by atoms with van der Waals surface area (Å²) in [6.45, 7) is 4.58. The lowest BCUT2D eigenvalue weighted by atomic mass is 9.73. The normalized spacial score (nSPS) is 20.5. The Hall–Kier alpha value is -2.09. The van der Waals surface area contributed by atoms with Crippen LogP contribution >= 0.6 is 0 Å². The molecule has 1 heterocycles. The van der Waals surface area contributed by atoms with Crippen molar-refractivity contribution in [2.75, 3.05) is 6.54 Å². The number of nitrogens with zero attached hydrogens (tertiary/aromatic N) is 1. The zero-order valence-corrected chi connectivity index (χ0v) is 12.6. The molecule has 0 radical (unpaired) electrons. The van der Waals surface area contributed by atoms with Crippen molar-refractivity contribution >= 4 is 5.91 Å². The summed E-state index contributed by atoms with van der Waals surface area (Å²) in [5.74, 6) is 0.163. The van der Waals surface area contributed by atoms with Gasteiger partial charge in [-0.05, 0) is 24.5 Å². The van der Waals surface area contributed by atoms with Gasteiger partial charge in [-0.3, -0.25) is 4.79 Å². The molecule has 0 aromatic heterocycles. The van der Waals surface area contributed by atoms with E-state index in [1.165, 1.54) is 11.1 Å². The molecular weight excluding hydrogens is 258 g/mol. The number of carbonyl (C=O) groups excluding carboxylic acids is 1. The van der Waals surface area contributed by atoms with Crippen molar-refractivity contribution in [1.82, 2.24) is 4.90 Å². The zero-order chi connectivity index (χ0) is 14.9. The Bertz CT molecular complexity index is 581. The lowest BCUT2D eigenvalue weighted by molar-refractivity contribution is -0.129. The molecule has 2 aromatic rings. The molecule has 0 spiro atoms. The van der Waals surface area contributed by atoms with Crippen LogP contribution in [0, 0.1) is 0 Å². The van der Waals surface area contributed by atoms with Crippen molar-refractivity contribution in [2.24, 2.45) is 0 Å². The summed E-state index contributed by atoms with van der Waals surface area (Å²) in [4.78, 5) is 13.9. The van der Waals surface area contributed by atoms with Crippen molar-refractivity contribution in [3.8, 4) is 0 Å². The van der Waals surface area contributed by atoms with Crippen LogP contribution in [-0.2, 0) is 10.2 Å². The molecule has 2 heteroatoms. The van der Waals surface area contributed by atoms with Crippen molar-refractivity contribution in [2.45, 2.75) is 31.7 Å². The topological polar surface area (TPSA) is 20.3 Å². The fourth-order valence-corrected chi connectivity index (χ4v) is 3.65. The van der Waals surface area contributed by atoms with Gasteiger partial charge in [0, 0.05) is 24.9 Å². The number of hydrogen-bond donors (Lipinski definition) is 0. The molecule has 0 N–H and O–H groups in total. The Morgan fingerprint density at radius 2 is 1.48 bits per heavy atom. The second-order valence-corrected chi connectivity index (χ2v) is 6.01. The molecule has 1 aliphatic heterocycles. The van der Waals surface area contributed by atoms with Gasteiger partial charge in [-0.15, -0.1) is 0 Å². The second kappa shape index (κ2) is 5.36. The van der Waals surface area contributed by atoms with E-state index in [-0.39, 0.29) is 17.4 Å². The highest BCUT2D eigenvalue weighted by Crippen LogP contribution is 2.43. The minimum atomic E-state index is -0.0897. The molecule has 2 nitrogen and oxygen atoms in total. The Balaban J connectivity index is 2.12. The van der Waals surface area contributed by atoms with Crippen LogP contribution < -0.4 is 0 Å². The molecule has 0 bridgehead atoms. The number of amides is 1. The molecule has 1 amide bonds. The van der Waals surface area contributed by atoms with E-state index in [9.17, 15) is 4.79 Å². The highest BCUT2D eigenvalue weighted by Gasteiger charge is 2.45. The molecule has 21 heavy (non-hydrogen) atoms. The van der Waals surface area contributed by atoms with E-state index in [0.29, 0.717) is 0 Å². The van der Waals surface area contributed by atoms with Crippen LogP contribution in [0.25, 0.3) is 0 Å². The highest BCUT2D eigenvalue weighted by molar-refractivity contribution is 5.74. The first-order chi connectivity index (χ1) is 10.1. The fourth-order valence-electron chi connectivity index (χ4n) is 3.65. The van der Waals surface area contributed by atoms with Crippen molar-refractivity contribution in [1.29, 1.82) is 0 Å². The predicted octanol–water partition coefficient (Wildman–Crippen LogP) is 3.61. The van der Waals surface area contributed by atoms with Gasteiger partial charge in [0.2, 0.25) is 5.91 Å². The molecule has 1 aliphatic rings. The van der Waals surface area contributed by atoms with Crippen LogP contribution in [0.3, 0.4) is 0 Å². The summed E-state index contributed by atoms with van der Waals surface area (Å²) in [6.07, 6.45) is 0.973. The maximum Gasteiger partial charge on any atom is 0.219 e. The van der Waals surface area contributed by atoms with Gasteiger partial charge in [0.1, 0.15) is 0 Å². The first-order valence-electron chi connectivity index (χ1n) is 7.52. The Labute approximate surface area is 126 Å². The van der Waals surface area contributed by atoms with E-state index < -0.39 is 0 Å². The van der Waals surface area contributed by atoms with Gasteiger partial charge < -0.3 is 4.90 Å². The fraction of sp³-hybridized carbons (Fsp3) is 0.316. The zero-order valence-electron chi connectivity index (χ0n) is 12.6. The van der Waals surface area contributed by atoms with Crippen LogP contribution in [0.1, 0.15) is 31.4 Å². The number of likely N-dealkylation sites (tertiary alicyclic amines) is 1. The van der Waals surface area contributed by atoms with E-state index in [1.54, 1.807) is 6.92 Å². The number of benzene rings is 2. The van der Waals surface area contributed by atoms with E-state index >= 15 is 0 Å². The van der Waals surface area contributed by atoms with Gasteiger partial charge in [0.05, 0.1) is 0 Å². The molecule has 2 aromatic carbocycles. The van der Waals surface area contributed by atoms with Gasteiger partial charge in [0.25, 0.3) is 0 Å². The van der Waals surface area contributed by atoms with Crippen LogP contribution in [0.5, 0.6) is 0 Å². The predicted molar refractivity (Wildman–Crippen MR) is 85.1 cm³/mol. The third kappa shape index (κ3) is 2.35. The maximum absolute atomic E-state index is 11.9. The lowest BCUT2D eigenvalue weighted by Crippen LogP contribution is -2.35. The average Bonchev–Trinajstić information content (AvgIpc) is 2.88. The van der Waals surface area contributed by atoms with Gasteiger partial charge in [-0.25, -0.2) is 0 Å². The second-order valence-electron chi connectivity index (χ2n) is 6.01. The van der Waals surface area contributed by atoms with Crippen LogP contribution in [-0.4, -0.2) is 23.4 Å². The Kier molecular flexibility index (Phi) is 3.54. The van der Waals surface area contributed by atoms with E-state index in [2.05, 4.69) is 55.5 Å². The monoisotopic (exact) mass is 279 g/mol. The summed E-state index contributed by atoms with van der Waals surface area (Å²) < 4.78 is 0. The maximum atomic E-state index is 11.9. The van der Waals surface area contributed by atoms with Gasteiger partial charge in [-0.2, -0.15) is 0 Å². The van der Waals surface area contributed by atoms with Crippen LogP contribution in [0.15, 0.2) is 60.7 Å². The molecule has 1 atom stereocenters. The first-order valence-corrected chi connectivity index (χ1v) is 7.52. The molecule has 0 aliphatic carbocycles. The van der Waals surface area contributed by atoms with Gasteiger partial charge >= 0.3 is 0 Å². The average molecular weight is 279 g/mol. The molecule has 1 fully saturated rings. The third-order valence-corrected chi connectivity index (χ3v) is 4.67. The molecular formula is C19H21NO. The van der Waals surface area contributed by atoms with E-state index in [1.807, 2.05) is 17.0 Å². The molecule has 1 unspecified atom stereocenters. The summed E-state index contributed by atoms with van der Waals surface area (Å²) in [7, 11) is 0. The molecule has 0 saturated carbocycles. The smallest absolute Gasteiger partial charge is 0.219 e. The Morgan fingerprint density at radius 1 is 1.00 bits per heavy atom. The largest absolute Gasteiger partial charge is 0.339 e. The quantitative estimate of drug-likeness (QED) is 0.822. The van der Waals surface area contributed by atoms with Crippen molar-refractivity contribution in [3.05, 3.63) is 71.8 Å². The minimum Gasteiger partial charge on any atom is -0.339 e. The van der Waals surface area contributed by atoms with E-state index in [0.717, 1.165) is 13.0 Å². The summed E-state index contributed by atoms with van der Waals surface area (Å²) in [5.41, 5.74) is 2.51.